The average Bonchev–Trinajstić information content (AvgIpc) is 2.92. The van der Waals surface area contributed by atoms with Crippen LogP contribution in [-0.2, 0) is 20.9 Å². The minimum Gasteiger partial charge on any atom is -0.322 e. The number of hydrogen-bond donors (Lipinski definition) is 1. The van der Waals surface area contributed by atoms with Crippen molar-refractivity contribution < 1.29 is 9.05 Å². The lowest BCUT2D eigenvalue weighted by molar-refractivity contribution is 0.250. The molecule has 0 aromatic carbocycles. The van der Waals surface area contributed by atoms with Crippen molar-refractivity contribution in [2.75, 3.05) is 13.2 Å². The maximum atomic E-state index is 5.84. The van der Waals surface area contributed by atoms with Crippen LogP contribution in [0.5, 0.6) is 0 Å². The van der Waals surface area contributed by atoms with Crippen molar-refractivity contribution in [1.82, 2.24) is 0 Å². The second-order valence-electron chi connectivity index (χ2n) is 12.0. The van der Waals surface area contributed by atoms with Gasteiger partial charge in [0.1, 0.15) is 0 Å². The third-order valence-corrected chi connectivity index (χ3v) is 10.3. The Balaban J connectivity index is 3.27. The van der Waals surface area contributed by atoms with Gasteiger partial charge in [-0.15, -0.1) is 0 Å². The van der Waals surface area contributed by atoms with E-state index in [2.05, 4.69) is 26.1 Å². The molecule has 2 nitrogen and oxygen atoms in total. The molecule has 0 heterocycles. The van der Waals surface area contributed by atoms with Crippen molar-refractivity contribution in [3.05, 3.63) is 0 Å². The summed E-state index contributed by atoms with van der Waals surface area (Å²) in [6.45, 7) is 6.00. The summed E-state index contributed by atoms with van der Waals surface area (Å²) >= 11 is 10.0. The summed E-state index contributed by atoms with van der Waals surface area (Å²) in [6.07, 6.45) is 41.4. The number of rotatable bonds is 34. The maximum Gasteiger partial charge on any atom is 0.244 e. The second-order valence-corrected chi connectivity index (χ2v) is 17.3. The average molecular weight is 607 g/mol. The first kappa shape index (κ1) is 39.9. The van der Waals surface area contributed by atoms with Gasteiger partial charge in [0.05, 0.1) is 13.2 Å². The van der Waals surface area contributed by atoms with Gasteiger partial charge in [0.25, 0.3) is 0 Å². The smallest absolute Gasteiger partial charge is 0.244 e. The van der Waals surface area contributed by atoms with Crippen molar-refractivity contribution in [3.8, 4) is 0 Å². The summed E-state index contributed by atoms with van der Waals surface area (Å²) in [7, 11) is 0. The highest BCUT2D eigenvalue weighted by molar-refractivity contribution is 8.60. The van der Waals surface area contributed by atoms with Crippen molar-refractivity contribution in [3.63, 3.8) is 0 Å². The van der Waals surface area contributed by atoms with Crippen LogP contribution in [0.4, 0.5) is 0 Å². The van der Waals surface area contributed by atoms with E-state index in [4.69, 9.17) is 20.9 Å². The number of thiol groups is 1. The molecule has 0 bridgehead atoms. The van der Waals surface area contributed by atoms with Crippen LogP contribution in [0, 0.1) is 0 Å². The molecule has 0 fully saturated rings. The Morgan fingerprint density at radius 3 is 0.744 bits per heavy atom. The first-order chi connectivity index (χ1) is 19.1. The van der Waals surface area contributed by atoms with E-state index in [9.17, 15) is 0 Å². The molecule has 0 unspecified atom stereocenters. The molecule has 0 amide bonds. The fourth-order valence-corrected chi connectivity index (χ4v) is 7.08. The van der Waals surface area contributed by atoms with Crippen molar-refractivity contribution in [2.24, 2.45) is 0 Å². The standard InChI is InChI=1S/C34H71O2PS2/c1-3-5-7-9-11-13-15-17-19-21-23-25-27-29-31-33-35-37(38,39)36-34-32-30-28-26-24-22-20-18-16-14-12-10-8-6-4-2/h3-34H2,1-2H3,(H,38,39). The molecule has 236 valence electrons. The van der Waals surface area contributed by atoms with E-state index in [-0.39, 0.29) is 0 Å². The molecule has 0 rings (SSSR count). The van der Waals surface area contributed by atoms with Gasteiger partial charge >= 0.3 is 0 Å². The van der Waals surface area contributed by atoms with Gasteiger partial charge in [-0.05, 0) is 24.6 Å². The van der Waals surface area contributed by atoms with Crippen LogP contribution in [0.2, 0.25) is 0 Å². The summed E-state index contributed by atoms with van der Waals surface area (Å²) in [5.41, 5.74) is -2.34. The lowest BCUT2D eigenvalue weighted by atomic mass is 10.0. The van der Waals surface area contributed by atoms with Crippen molar-refractivity contribution >= 4 is 29.7 Å². The van der Waals surface area contributed by atoms with Crippen LogP contribution in [0.1, 0.15) is 206 Å². The Morgan fingerprint density at radius 1 is 0.359 bits per heavy atom. The molecule has 0 radical (unpaired) electrons. The SMILES string of the molecule is CCCCCCCCCCCCCCCCCOP(=S)(S)OCCCCCCCCCCCCCCCCC. The number of unbranched alkanes of at least 4 members (excludes halogenated alkanes) is 28. The molecule has 0 saturated carbocycles. The molecule has 5 heteroatoms. The quantitative estimate of drug-likeness (QED) is 0.0446. The van der Waals surface area contributed by atoms with E-state index < -0.39 is 5.69 Å². The number of hydrogen-bond acceptors (Lipinski definition) is 3. The van der Waals surface area contributed by atoms with Crippen LogP contribution in [0.3, 0.4) is 0 Å². The minimum atomic E-state index is -2.34. The zero-order valence-corrected chi connectivity index (χ0v) is 29.4. The fourth-order valence-electron chi connectivity index (χ4n) is 5.34. The molecule has 0 aromatic rings. The van der Waals surface area contributed by atoms with Crippen LogP contribution >= 0.6 is 17.9 Å². The Morgan fingerprint density at radius 2 is 0.538 bits per heavy atom. The lowest BCUT2D eigenvalue weighted by Gasteiger charge is -2.16. The fraction of sp³-hybridized carbons (Fsp3) is 1.00. The summed E-state index contributed by atoms with van der Waals surface area (Å²) in [5, 5.41) is 0. The second kappa shape index (κ2) is 33.4. The Kier molecular flexibility index (Phi) is 34.2. The molecule has 0 atom stereocenters. The molecule has 0 aliphatic carbocycles. The highest BCUT2D eigenvalue weighted by Crippen LogP contribution is 2.53. The third-order valence-electron chi connectivity index (χ3n) is 8.00. The van der Waals surface area contributed by atoms with E-state index in [0.717, 1.165) is 12.8 Å². The summed E-state index contributed by atoms with van der Waals surface area (Å²) in [6, 6.07) is 0. The molecule has 0 N–H and O–H groups in total. The zero-order chi connectivity index (χ0) is 28.5. The molecule has 0 aliphatic heterocycles. The molecule has 0 aromatic heterocycles. The van der Waals surface area contributed by atoms with E-state index in [1.54, 1.807) is 0 Å². The van der Waals surface area contributed by atoms with E-state index in [0.29, 0.717) is 13.2 Å². The van der Waals surface area contributed by atoms with Crippen molar-refractivity contribution in [2.45, 2.75) is 206 Å². The van der Waals surface area contributed by atoms with E-state index in [1.807, 2.05) is 0 Å². The molecule has 0 saturated heterocycles. The van der Waals surface area contributed by atoms with Crippen LogP contribution in [0.15, 0.2) is 0 Å². The van der Waals surface area contributed by atoms with E-state index >= 15 is 0 Å². The Bertz CT molecular complexity index is 464. The summed E-state index contributed by atoms with van der Waals surface area (Å²) in [4.78, 5) is 0. The van der Waals surface area contributed by atoms with Gasteiger partial charge in [0.2, 0.25) is 5.69 Å². The van der Waals surface area contributed by atoms with Gasteiger partial charge in [-0.2, -0.15) is 0 Å². The highest BCUT2D eigenvalue weighted by Gasteiger charge is 2.12. The minimum absolute atomic E-state index is 0.706. The van der Waals surface area contributed by atoms with Gasteiger partial charge in [-0.25, -0.2) is 0 Å². The van der Waals surface area contributed by atoms with Crippen LogP contribution < -0.4 is 0 Å². The van der Waals surface area contributed by atoms with Gasteiger partial charge in [0, 0.05) is 0 Å². The van der Waals surface area contributed by atoms with Crippen LogP contribution in [0.25, 0.3) is 0 Å². The largest absolute Gasteiger partial charge is 0.322 e. The molecule has 0 spiro atoms. The molecule has 39 heavy (non-hydrogen) atoms. The van der Waals surface area contributed by atoms with E-state index in [1.165, 1.54) is 180 Å². The van der Waals surface area contributed by atoms with Gasteiger partial charge in [-0.3, -0.25) is 0 Å². The predicted molar refractivity (Wildman–Crippen MR) is 185 cm³/mol. The van der Waals surface area contributed by atoms with Gasteiger partial charge < -0.3 is 9.05 Å². The highest BCUT2D eigenvalue weighted by atomic mass is 32.9. The van der Waals surface area contributed by atoms with Crippen LogP contribution in [-0.4, -0.2) is 13.2 Å². The first-order valence-corrected chi connectivity index (χ1v) is 21.5. The monoisotopic (exact) mass is 606 g/mol. The molecule has 0 aliphatic rings. The summed E-state index contributed by atoms with van der Waals surface area (Å²) in [5.74, 6) is 0. The predicted octanol–water partition coefficient (Wildman–Crippen LogP) is 13.9. The topological polar surface area (TPSA) is 18.5 Å². The first-order valence-electron chi connectivity index (χ1n) is 17.7. The molecular formula is C34H71O2PS2. The maximum absolute atomic E-state index is 5.84. The van der Waals surface area contributed by atoms with Gasteiger partial charge in [0.15, 0.2) is 0 Å². The zero-order valence-electron chi connectivity index (χ0n) is 26.7. The Hall–Kier alpha value is 0.920. The normalized spacial score (nSPS) is 12.0. The molecular weight excluding hydrogens is 535 g/mol. The third kappa shape index (κ3) is 35.0. The van der Waals surface area contributed by atoms with Crippen molar-refractivity contribution in [1.29, 1.82) is 0 Å². The van der Waals surface area contributed by atoms with Gasteiger partial charge in [-0.1, -0.05) is 206 Å². The Labute approximate surface area is 257 Å². The lowest BCUT2D eigenvalue weighted by Crippen LogP contribution is -1.96. The summed E-state index contributed by atoms with van der Waals surface area (Å²) < 4.78 is 11.7.